The van der Waals surface area contributed by atoms with Crippen LogP contribution in [0, 0.1) is 5.82 Å². The molecule has 1 aromatic carbocycles. The fourth-order valence-electron chi connectivity index (χ4n) is 4.66. The van der Waals surface area contributed by atoms with E-state index in [0.717, 1.165) is 38.0 Å². The number of nitrogens with one attached hydrogen (secondary N) is 1. The molecule has 2 aliphatic heterocycles. The summed E-state index contributed by atoms with van der Waals surface area (Å²) >= 11 is 5.40. The van der Waals surface area contributed by atoms with E-state index in [1.54, 1.807) is 24.7 Å². The predicted molar refractivity (Wildman–Crippen MR) is 134 cm³/mol. The lowest BCUT2D eigenvalue weighted by Crippen LogP contribution is -2.53. The summed E-state index contributed by atoms with van der Waals surface area (Å²) in [4.78, 5) is 33.9. The normalized spacial score (nSPS) is 19.2. The first kappa shape index (κ1) is 25.1. The molecule has 1 N–H and O–H groups in total. The first-order valence-corrected chi connectivity index (χ1v) is 12.5. The van der Waals surface area contributed by atoms with Gasteiger partial charge >= 0.3 is 0 Å². The highest BCUT2D eigenvalue weighted by molar-refractivity contribution is 6.30. The number of likely N-dealkylation sites (tertiary alicyclic amines) is 2. The Bertz CT molecular complexity index is 1150. The Kier molecular flexibility index (Phi) is 8.36. The Morgan fingerprint density at radius 2 is 1.94 bits per heavy atom. The van der Waals surface area contributed by atoms with Crippen LogP contribution in [0.5, 0.6) is 0 Å². The van der Waals surface area contributed by atoms with Gasteiger partial charge in [0, 0.05) is 30.4 Å². The van der Waals surface area contributed by atoms with Gasteiger partial charge in [-0.1, -0.05) is 17.7 Å². The number of carbonyl (C=O) groups excluding carboxylic acids is 2. The van der Waals surface area contributed by atoms with Crippen LogP contribution in [-0.2, 0) is 4.79 Å². The van der Waals surface area contributed by atoms with Gasteiger partial charge in [0.05, 0.1) is 29.6 Å². The van der Waals surface area contributed by atoms with Crippen LogP contribution in [0.3, 0.4) is 0 Å². The fourth-order valence-corrected chi connectivity index (χ4v) is 4.83. The lowest BCUT2D eigenvalue weighted by molar-refractivity contribution is -0.126. The lowest BCUT2D eigenvalue weighted by Gasteiger charge is -2.34. The minimum atomic E-state index is -0.294. The van der Waals surface area contributed by atoms with Crippen molar-refractivity contribution in [2.24, 2.45) is 0 Å². The summed E-state index contributed by atoms with van der Waals surface area (Å²) in [5, 5.41) is 3.61. The number of fused-ring (bicyclic) bond motifs is 1. The SMILES string of the molecule is C[C@@H](C(=O)NC1CCCN(C(=O)c2cccn3cncc23)C1)N1CCCC1.Fc1cccc(Cl)c1. The second kappa shape index (κ2) is 11.6. The summed E-state index contributed by atoms with van der Waals surface area (Å²) in [5.74, 6) is -0.209. The first-order valence-electron chi connectivity index (χ1n) is 12.1. The molecule has 2 atom stereocenters. The number of piperidine rings is 1. The molecule has 2 aromatic heterocycles. The smallest absolute Gasteiger partial charge is 0.256 e. The minimum Gasteiger partial charge on any atom is -0.350 e. The highest BCUT2D eigenvalue weighted by atomic mass is 35.5. The van der Waals surface area contributed by atoms with E-state index in [1.165, 1.54) is 25.0 Å². The van der Waals surface area contributed by atoms with E-state index >= 15 is 0 Å². The Balaban J connectivity index is 0.000000308. The zero-order chi connectivity index (χ0) is 24.8. The van der Waals surface area contributed by atoms with Gasteiger partial charge in [-0.3, -0.25) is 14.5 Å². The summed E-state index contributed by atoms with van der Waals surface area (Å²) in [7, 11) is 0. The third-order valence-corrected chi connectivity index (χ3v) is 6.83. The molecule has 186 valence electrons. The van der Waals surface area contributed by atoms with Gasteiger partial charge in [0.25, 0.3) is 5.91 Å². The average Bonchev–Trinajstić information content (AvgIpc) is 3.56. The summed E-state index contributed by atoms with van der Waals surface area (Å²) in [6, 6.07) is 9.44. The Morgan fingerprint density at radius 3 is 2.66 bits per heavy atom. The number of rotatable bonds is 4. The number of carbonyl (C=O) groups is 2. The monoisotopic (exact) mass is 499 g/mol. The molecule has 2 saturated heterocycles. The predicted octanol–water partition coefficient (Wildman–Crippen LogP) is 4.02. The van der Waals surface area contributed by atoms with Crippen molar-refractivity contribution in [1.29, 1.82) is 0 Å². The van der Waals surface area contributed by atoms with Crippen LogP contribution in [0.15, 0.2) is 55.1 Å². The van der Waals surface area contributed by atoms with Crippen molar-refractivity contribution in [2.75, 3.05) is 26.2 Å². The van der Waals surface area contributed by atoms with Gasteiger partial charge in [-0.25, -0.2) is 9.37 Å². The number of pyridine rings is 1. The molecule has 0 spiro atoms. The third kappa shape index (κ3) is 6.38. The molecule has 9 heteroatoms. The van der Waals surface area contributed by atoms with Crippen LogP contribution >= 0.6 is 11.6 Å². The largest absolute Gasteiger partial charge is 0.350 e. The van der Waals surface area contributed by atoms with Crippen molar-refractivity contribution in [3.05, 3.63) is 71.5 Å². The maximum absolute atomic E-state index is 13.0. The number of halogens is 2. The summed E-state index contributed by atoms with van der Waals surface area (Å²) in [5.41, 5.74) is 1.48. The highest BCUT2D eigenvalue weighted by Crippen LogP contribution is 2.18. The molecule has 5 rings (SSSR count). The summed E-state index contributed by atoms with van der Waals surface area (Å²) < 4.78 is 13.9. The second-order valence-electron chi connectivity index (χ2n) is 9.07. The van der Waals surface area contributed by atoms with E-state index in [-0.39, 0.29) is 29.7 Å². The first-order chi connectivity index (χ1) is 16.9. The van der Waals surface area contributed by atoms with Crippen LogP contribution in [0.1, 0.15) is 43.0 Å². The van der Waals surface area contributed by atoms with E-state index in [1.807, 2.05) is 34.6 Å². The topological polar surface area (TPSA) is 70.0 Å². The van der Waals surface area contributed by atoms with Gasteiger partial charge < -0.3 is 14.6 Å². The van der Waals surface area contributed by atoms with Crippen LogP contribution in [-0.4, -0.2) is 69.3 Å². The number of aromatic nitrogens is 2. The molecule has 0 bridgehead atoms. The maximum atomic E-state index is 13.0. The number of nitrogens with zero attached hydrogens (tertiary/aromatic N) is 4. The van der Waals surface area contributed by atoms with Gasteiger partial charge in [0.1, 0.15) is 5.82 Å². The number of benzene rings is 1. The standard InChI is InChI=1S/C20H27N5O2.C6H4ClF/c1-15(23-8-2-3-9-23)19(26)22-16-6-4-10-24(13-16)20(27)17-7-5-11-25-14-21-12-18(17)25;7-5-2-1-3-6(8)4-5/h5,7,11-12,14-16H,2-4,6,8-10,13H2,1H3,(H,22,26);1-4H/t15-,16?;/m0./s1. The molecule has 0 saturated carbocycles. The lowest BCUT2D eigenvalue weighted by atomic mass is 10.0. The van der Waals surface area contributed by atoms with Crippen molar-refractivity contribution >= 4 is 28.9 Å². The molecular weight excluding hydrogens is 469 g/mol. The van der Waals surface area contributed by atoms with E-state index in [9.17, 15) is 14.0 Å². The van der Waals surface area contributed by atoms with E-state index in [0.29, 0.717) is 17.1 Å². The van der Waals surface area contributed by atoms with Crippen molar-refractivity contribution in [3.63, 3.8) is 0 Å². The molecular formula is C26H31ClFN5O2. The van der Waals surface area contributed by atoms with Crippen molar-refractivity contribution in [3.8, 4) is 0 Å². The molecule has 3 aromatic rings. The van der Waals surface area contributed by atoms with Crippen LogP contribution in [0.2, 0.25) is 5.02 Å². The van der Waals surface area contributed by atoms with Crippen molar-refractivity contribution in [2.45, 2.75) is 44.7 Å². The molecule has 2 amide bonds. The Labute approximate surface area is 209 Å². The van der Waals surface area contributed by atoms with Crippen LogP contribution in [0.25, 0.3) is 5.52 Å². The van der Waals surface area contributed by atoms with Crippen molar-refractivity contribution in [1.82, 2.24) is 24.5 Å². The van der Waals surface area contributed by atoms with E-state index in [2.05, 4.69) is 15.2 Å². The molecule has 2 aliphatic rings. The fraction of sp³-hybridized carbons (Fsp3) is 0.423. The van der Waals surface area contributed by atoms with Gasteiger partial charge in [0.2, 0.25) is 5.91 Å². The Morgan fingerprint density at radius 1 is 1.14 bits per heavy atom. The zero-order valence-electron chi connectivity index (χ0n) is 19.9. The molecule has 2 fully saturated rings. The number of amides is 2. The Hall–Kier alpha value is -2.97. The van der Waals surface area contributed by atoms with E-state index < -0.39 is 0 Å². The molecule has 0 aliphatic carbocycles. The van der Waals surface area contributed by atoms with Crippen molar-refractivity contribution < 1.29 is 14.0 Å². The summed E-state index contributed by atoms with van der Waals surface area (Å²) in [6.45, 7) is 5.26. The van der Waals surface area contributed by atoms with E-state index in [4.69, 9.17) is 11.6 Å². The molecule has 35 heavy (non-hydrogen) atoms. The van der Waals surface area contributed by atoms with Gasteiger partial charge in [-0.2, -0.15) is 0 Å². The third-order valence-electron chi connectivity index (χ3n) is 6.59. The quantitative estimate of drug-likeness (QED) is 0.588. The van der Waals surface area contributed by atoms with Crippen LogP contribution in [0.4, 0.5) is 4.39 Å². The minimum absolute atomic E-state index is 0.00707. The molecule has 7 nitrogen and oxygen atoms in total. The molecule has 0 radical (unpaired) electrons. The summed E-state index contributed by atoms with van der Waals surface area (Å²) in [6.07, 6.45) is 9.46. The maximum Gasteiger partial charge on any atom is 0.256 e. The van der Waals surface area contributed by atoms with Gasteiger partial charge in [-0.05, 0) is 76.0 Å². The average molecular weight is 500 g/mol. The molecule has 4 heterocycles. The number of hydrogen-bond acceptors (Lipinski definition) is 4. The number of imidazole rings is 1. The van der Waals surface area contributed by atoms with Crippen LogP contribution < -0.4 is 5.32 Å². The highest BCUT2D eigenvalue weighted by Gasteiger charge is 2.29. The van der Waals surface area contributed by atoms with Gasteiger partial charge in [0.15, 0.2) is 0 Å². The zero-order valence-corrected chi connectivity index (χ0v) is 20.6. The molecule has 1 unspecified atom stereocenters. The van der Waals surface area contributed by atoms with Gasteiger partial charge in [-0.15, -0.1) is 0 Å². The number of hydrogen-bond donors (Lipinski definition) is 1. The second-order valence-corrected chi connectivity index (χ2v) is 9.50.